The van der Waals surface area contributed by atoms with Gasteiger partial charge < -0.3 is 25.0 Å². The van der Waals surface area contributed by atoms with Crippen LogP contribution in [-0.4, -0.2) is 78.6 Å². The predicted molar refractivity (Wildman–Crippen MR) is 163 cm³/mol. The Balaban J connectivity index is 1.04. The molecular formula is C34H36F2N4O5. The maximum absolute atomic E-state index is 13.6. The first kappa shape index (κ1) is 30.7. The molecule has 2 N–H and O–H groups in total. The Morgan fingerprint density at radius 2 is 1.80 bits per heavy atom. The summed E-state index contributed by atoms with van der Waals surface area (Å²) in [4.78, 5) is 43.1. The summed E-state index contributed by atoms with van der Waals surface area (Å²) in [6.45, 7) is 2.80. The van der Waals surface area contributed by atoms with Gasteiger partial charge in [-0.1, -0.05) is 30.3 Å². The number of nitrogens with zero attached hydrogens (tertiary/aromatic N) is 2. The van der Waals surface area contributed by atoms with Crippen molar-refractivity contribution >= 4 is 23.4 Å². The van der Waals surface area contributed by atoms with E-state index in [4.69, 9.17) is 9.47 Å². The number of anilines is 1. The summed E-state index contributed by atoms with van der Waals surface area (Å²) in [7, 11) is 1.71. The van der Waals surface area contributed by atoms with Gasteiger partial charge in [0.15, 0.2) is 11.6 Å². The molecule has 11 heteroatoms. The number of ether oxygens (including phenoxy) is 2. The van der Waals surface area contributed by atoms with Crippen molar-refractivity contribution < 1.29 is 32.6 Å². The first-order chi connectivity index (χ1) is 21.7. The highest BCUT2D eigenvalue weighted by Gasteiger charge is 2.39. The zero-order valence-corrected chi connectivity index (χ0v) is 25.0. The molecule has 0 aromatic heterocycles. The van der Waals surface area contributed by atoms with Gasteiger partial charge in [-0.25, -0.2) is 8.78 Å². The molecule has 0 radical (unpaired) electrons. The van der Waals surface area contributed by atoms with Crippen LogP contribution in [0.5, 0.6) is 5.75 Å². The summed E-state index contributed by atoms with van der Waals surface area (Å²) in [6.07, 6.45) is 1.71. The van der Waals surface area contributed by atoms with Gasteiger partial charge in [0, 0.05) is 44.0 Å². The van der Waals surface area contributed by atoms with Crippen LogP contribution < -0.4 is 15.4 Å². The average molecular weight is 619 g/mol. The topological polar surface area (TPSA) is 100 Å². The Morgan fingerprint density at radius 3 is 2.60 bits per heavy atom. The summed E-state index contributed by atoms with van der Waals surface area (Å²) < 4.78 is 39.2. The van der Waals surface area contributed by atoms with Crippen molar-refractivity contribution in [2.45, 2.75) is 56.5 Å². The van der Waals surface area contributed by atoms with E-state index in [1.54, 1.807) is 24.1 Å². The number of carbonyl (C=O) groups excluding carboxylic acids is 3. The lowest BCUT2D eigenvalue weighted by atomic mass is 9.94. The fourth-order valence-corrected chi connectivity index (χ4v) is 6.38. The predicted octanol–water partition coefficient (Wildman–Crippen LogP) is 4.38. The summed E-state index contributed by atoms with van der Waals surface area (Å²) in [5.41, 5.74) is 1.77. The fourth-order valence-electron chi connectivity index (χ4n) is 6.38. The minimum absolute atomic E-state index is 0.0375. The third kappa shape index (κ3) is 7.15. The Kier molecular flexibility index (Phi) is 9.09. The lowest BCUT2D eigenvalue weighted by Gasteiger charge is -2.42. The van der Waals surface area contributed by atoms with Crippen molar-refractivity contribution in [1.82, 2.24) is 15.1 Å². The molecular weight excluding hydrogens is 582 g/mol. The molecule has 45 heavy (non-hydrogen) atoms. The standard InChI is InChI=1S/C34H36F2N4O5/c1-39-29-11-9-25(17-32(41)37-24-13-14-40(19-24)18-21-5-3-2-4-6-21)45-31(29)20-44-30-12-8-23(16-26(30)34(39)43)38-33(42)22-7-10-27(35)28(36)15-22/h2-8,10,12,15-16,24-25,29,31H,9,11,13-14,17-20H2,1H3,(H,37,41)(H,38,42)/t24-,25+,29+,31-/m0/s1. The second-order valence-electron chi connectivity index (χ2n) is 11.9. The molecule has 3 aliphatic heterocycles. The van der Waals surface area contributed by atoms with E-state index in [2.05, 4.69) is 27.7 Å². The monoisotopic (exact) mass is 618 g/mol. The first-order valence-electron chi connectivity index (χ1n) is 15.2. The van der Waals surface area contributed by atoms with Crippen molar-refractivity contribution in [1.29, 1.82) is 0 Å². The van der Waals surface area contributed by atoms with Gasteiger partial charge in [0.05, 0.1) is 24.1 Å². The lowest BCUT2D eigenvalue weighted by Crippen LogP contribution is -2.54. The molecule has 236 valence electrons. The fraction of sp³-hybridized carbons (Fsp3) is 0.382. The number of likely N-dealkylation sites (N-methyl/N-ethyl adjacent to an activating group) is 1. The van der Waals surface area contributed by atoms with E-state index in [1.165, 1.54) is 17.7 Å². The van der Waals surface area contributed by atoms with Crippen molar-refractivity contribution in [3.8, 4) is 5.75 Å². The van der Waals surface area contributed by atoms with E-state index in [9.17, 15) is 23.2 Å². The molecule has 3 heterocycles. The molecule has 2 saturated heterocycles. The molecule has 3 aliphatic rings. The van der Waals surface area contributed by atoms with Crippen LogP contribution in [0, 0.1) is 11.6 Å². The van der Waals surface area contributed by atoms with Gasteiger partial charge in [-0.15, -0.1) is 0 Å². The van der Waals surface area contributed by atoms with E-state index in [0.29, 0.717) is 24.3 Å². The molecule has 6 rings (SSSR count). The van der Waals surface area contributed by atoms with Crippen LogP contribution in [0.15, 0.2) is 66.7 Å². The van der Waals surface area contributed by atoms with Gasteiger partial charge in [-0.3, -0.25) is 19.3 Å². The van der Waals surface area contributed by atoms with Gasteiger partial charge in [0.2, 0.25) is 5.91 Å². The molecule has 3 amide bonds. The molecule has 3 aromatic rings. The van der Waals surface area contributed by atoms with Crippen LogP contribution in [0.2, 0.25) is 0 Å². The molecule has 2 fully saturated rings. The van der Waals surface area contributed by atoms with Gasteiger partial charge >= 0.3 is 0 Å². The van der Waals surface area contributed by atoms with Crippen LogP contribution in [0.3, 0.4) is 0 Å². The molecule has 0 spiro atoms. The number of hydrogen-bond acceptors (Lipinski definition) is 6. The molecule has 0 aliphatic carbocycles. The zero-order chi connectivity index (χ0) is 31.5. The van der Waals surface area contributed by atoms with Crippen molar-refractivity contribution in [2.75, 3.05) is 32.1 Å². The number of rotatable bonds is 7. The number of nitrogens with one attached hydrogen (secondary N) is 2. The van der Waals surface area contributed by atoms with E-state index in [0.717, 1.165) is 38.2 Å². The Labute approximate surface area is 260 Å². The first-order valence-corrected chi connectivity index (χ1v) is 15.2. The summed E-state index contributed by atoms with van der Waals surface area (Å²) in [5.74, 6) is -2.82. The van der Waals surface area contributed by atoms with Gasteiger partial charge in [0.25, 0.3) is 11.8 Å². The second kappa shape index (κ2) is 13.3. The van der Waals surface area contributed by atoms with E-state index >= 15 is 0 Å². The number of amides is 3. The number of likely N-dealkylation sites (tertiary alicyclic amines) is 1. The summed E-state index contributed by atoms with van der Waals surface area (Å²) >= 11 is 0. The minimum Gasteiger partial charge on any atom is -0.490 e. The number of halogens is 2. The van der Waals surface area contributed by atoms with Crippen LogP contribution in [0.25, 0.3) is 0 Å². The Hall–Kier alpha value is -4.35. The maximum Gasteiger partial charge on any atom is 0.257 e. The van der Waals surface area contributed by atoms with Crippen LogP contribution >= 0.6 is 0 Å². The summed E-state index contributed by atoms with van der Waals surface area (Å²) in [5, 5.41) is 5.80. The highest BCUT2D eigenvalue weighted by molar-refractivity contribution is 6.05. The number of carbonyl (C=O) groups is 3. The molecule has 9 nitrogen and oxygen atoms in total. The van der Waals surface area contributed by atoms with Crippen molar-refractivity contribution in [3.05, 3.63) is 95.1 Å². The van der Waals surface area contributed by atoms with Gasteiger partial charge in [-0.05, 0) is 61.2 Å². The van der Waals surface area contributed by atoms with Crippen molar-refractivity contribution in [3.63, 3.8) is 0 Å². The average Bonchev–Trinajstić information content (AvgIpc) is 3.47. The Bertz CT molecular complexity index is 1570. The third-order valence-electron chi connectivity index (χ3n) is 8.75. The lowest BCUT2D eigenvalue weighted by molar-refractivity contribution is -0.134. The molecule has 4 atom stereocenters. The second-order valence-corrected chi connectivity index (χ2v) is 11.9. The van der Waals surface area contributed by atoms with E-state index in [1.807, 2.05) is 18.2 Å². The van der Waals surface area contributed by atoms with Crippen molar-refractivity contribution in [2.24, 2.45) is 0 Å². The third-order valence-corrected chi connectivity index (χ3v) is 8.75. The van der Waals surface area contributed by atoms with Gasteiger partial charge in [0.1, 0.15) is 18.5 Å². The molecule has 0 unspecified atom stereocenters. The molecule has 0 saturated carbocycles. The number of benzene rings is 3. The van der Waals surface area contributed by atoms with E-state index in [-0.39, 0.29) is 54.2 Å². The Morgan fingerprint density at radius 1 is 0.978 bits per heavy atom. The number of fused-ring (bicyclic) bond motifs is 2. The van der Waals surface area contributed by atoms with E-state index < -0.39 is 23.6 Å². The SMILES string of the molecule is CN1C(=O)c2cc(NC(=O)c3ccc(F)c(F)c3)ccc2OC[C@@H]2O[C@@H](CC(=O)N[C@H]3CCN(Cc4ccccc4)C3)CC[C@H]21. The van der Waals surface area contributed by atoms with Gasteiger partial charge in [-0.2, -0.15) is 0 Å². The highest BCUT2D eigenvalue weighted by atomic mass is 19.2. The molecule has 3 aromatic carbocycles. The number of hydrogen-bond donors (Lipinski definition) is 2. The normalized spacial score (nSPS) is 23.3. The van der Waals surface area contributed by atoms with Crippen LogP contribution in [0.1, 0.15) is 52.0 Å². The largest absolute Gasteiger partial charge is 0.490 e. The smallest absolute Gasteiger partial charge is 0.257 e. The highest BCUT2D eigenvalue weighted by Crippen LogP contribution is 2.33. The summed E-state index contributed by atoms with van der Waals surface area (Å²) in [6, 6.07) is 17.7. The van der Waals surface area contributed by atoms with Crippen LogP contribution in [0.4, 0.5) is 14.5 Å². The maximum atomic E-state index is 13.6. The molecule has 0 bridgehead atoms. The minimum atomic E-state index is -1.13. The zero-order valence-electron chi connectivity index (χ0n) is 25.0. The van der Waals surface area contributed by atoms with Crippen LogP contribution in [-0.2, 0) is 16.1 Å². The quantitative estimate of drug-likeness (QED) is 0.408.